The number of carboxylic acids is 1. The summed E-state index contributed by atoms with van der Waals surface area (Å²) in [4.78, 5) is 35.0. The van der Waals surface area contributed by atoms with E-state index in [-0.39, 0.29) is 17.9 Å². The lowest BCUT2D eigenvalue weighted by Gasteiger charge is -2.23. The van der Waals surface area contributed by atoms with Crippen LogP contribution in [0.25, 0.3) is 0 Å². The van der Waals surface area contributed by atoms with E-state index in [1.54, 1.807) is 0 Å². The van der Waals surface area contributed by atoms with Crippen LogP contribution in [0.4, 0.5) is 0 Å². The minimum absolute atomic E-state index is 0.198. The zero-order chi connectivity index (χ0) is 16.0. The number of hydrogen-bond acceptors (Lipinski definition) is 4. The second-order valence-corrected chi connectivity index (χ2v) is 5.91. The molecule has 0 aliphatic carbocycles. The van der Waals surface area contributed by atoms with Gasteiger partial charge in [-0.25, -0.2) is 0 Å². The van der Waals surface area contributed by atoms with E-state index in [9.17, 15) is 14.4 Å². The molecule has 0 saturated carbocycles. The topological polar surface area (TPSA) is 108 Å². The van der Waals surface area contributed by atoms with Crippen LogP contribution in [-0.4, -0.2) is 47.6 Å². The molecule has 3 atom stereocenters. The molecule has 1 aliphatic rings. The molecule has 0 aromatic heterocycles. The summed E-state index contributed by atoms with van der Waals surface area (Å²) in [5.74, 6) is -1.55. The Labute approximate surface area is 124 Å². The van der Waals surface area contributed by atoms with Gasteiger partial charge >= 0.3 is 5.97 Å². The monoisotopic (exact) mass is 299 g/mol. The first-order valence-electron chi connectivity index (χ1n) is 7.38. The molecule has 1 saturated heterocycles. The highest BCUT2D eigenvalue weighted by atomic mass is 16.4. The average molecular weight is 299 g/mol. The van der Waals surface area contributed by atoms with Crippen LogP contribution >= 0.6 is 0 Å². The third-order valence-electron chi connectivity index (χ3n) is 3.45. The maximum absolute atomic E-state index is 12.1. The fourth-order valence-corrected chi connectivity index (χ4v) is 2.26. The minimum atomic E-state index is -1.10. The molecular formula is C14H25N3O4. The van der Waals surface area contributed by atoms with Crippen molar-refractivity contribution in [3.05, 3.63) is 0 Å². The van der Waals surface area contributed by atoms with Crippen molar-refractivity contribution in [2.75, 3.05) is 6.54 Å². The molecule has 1 fully saturated rings. The number of hydrogen-bond donors (Lipinski definition) is 4. The van der Waals surface area contributed by atoms with E-state index in [0.717, 1.165) is 19.4 Å². The predicted molar refractivity (Wildman–Crippen MR) is 77.7 cm³/mol. The highest BCUT2D eigenvalue weighted by molar-refractivity contribution is 5.91. The Bertz CT molecular complexity index is 392. The van der Waals surface area contributed by atoms with E-state index < -0.39 is 24.0 Å². The normalized spacial score (nSPS) is 20.9. The van der Waals surface area contributed by atoms with Crippen molar-refractivity contribution in [2.24, 2.45) is 5.92 Å². The number of carbonyl (C=O) groups is 3. The lowest BCUT2D eigenvalue weighted by atomic mass is 10.0. The van der Waals surface area contributed by atoms with Gasteiger partial charge in [0.2, 0.25) is 11.8 Å². The molecule has 0 radical (unpaired) electrons. The predicted octanol–water partition coefficient (Wildman–Crippen LogP) is -0.141. The summed E-state index contributed by atoms with van der Waals surface area (Å²) in [7, 11) is 0. The summed E-state index contributed by atoms with van der Waals surface area (Å²) in [6, 6.07) is -1.94. The summed E-state index contributed by atoms with van der Waals surface area (Å²) >= 11 is 0. The lowest BCUT2D eigenvalue weighted by Crippen LogP contribution is -2.54. The quantitative estimate of drug-likeness (QED) is 0.523. The van der Waals surface area contributed by atoms with Gasteiger partial charge < -0.3 is 21.1 Å². The Balaban J connectivity index is 2.63. The summed E-state index contributed by atoms with van der Waals surface area (Å²) in [6.45, 7) is 6.09. The maximum Gasteiger partial charge on any atom is 0.325 e. The van der Waals surface area contributed by atoms with Crippen molar-refractivity contribution in [3.63, 3.8) is 0 Å². The van der Waals surface area contributed by atoms with E-state index in [4.69, 9.17) is 5.11 Å². The lowest BCUT2D eigenvalue weighted by molar-refractivity contribution is -0.141. The highest BCUT2D eigenvalue weighted by Crippen LogP contribution is 2.09. The van der Waals surface area contributed by atoms with Crippen LogP contribution in [0.5, 0.6) is 0 Å². The number of amides is 2. The number of nitrogens with one attached hydrogen (secondary N) is 3. The molecule has 2 amide bonds. The van der Waals surface area contributed by atoms with Crippen molar-refractivity contribution < 1.29 is 19.5 Å². The zero-order valence-corrected chi connectivity index (χ0v) is 12.8. The number of rotatable bonds is 7. The number of aliphatic carboxylic acids is 1. The molecule has 7 heteroatoms. The maximum atomic E-state index is 12.1. The van der Waals surface area contributed by atoms with Gasteiger partial charge in [-0.3, -0.25) is 14.4 Å². The third-order valence-corrected chi connectivity index (χ3v) is 3.45. The molecule has 0 spiro atoms. The summed E-state index contributed by atoms with van der Waals surface area (Å²) in [6.07, 6.45) is 2.17. The van der Waals surface area contributed by atoms with Gasteiger partial charge in [0, 0.05) is 0 Å². The van der Waals surface area contributed by atoms with Crippen molar-refractivity contribution in [1.82, 2.24) is 16.0 Å². The Kier molecular flexibility index (Phi) is 6.61. The number of carboxylic acid groups (broad SMARTS) is 1. The van der Waals surface area contributed by atoms with Crippen LogP contribution in [0, 0.1) is 5.92 Å². The molecule has 0 aromatic carbocycles. The van der Waals surface area contributed by atoms with Crippen LogP contribution in [0.2, 0.25) is 0 Å². The van der Waals surface area contributed by atoms with Crippen molar-refractivity contribution in [1.29, 1.82) is 0 Å². The van der Waals surface area contributed by atoms with Gasteiger partial charge in [-0.05, 0) is 38.6 Å². The molecule has 0 bridgehead atoms. The third kappa shape index (κ3) is 5.71. The van der Waals surface area contributed by atoms with E-state index in [2.05, 4.69) is 16.0 Å². The van der Waals surface area contributed by atoms with Gasteiger partial charge in [0.1, 0.15) is 12.1 Å². The fraction of sp³-hybridized carbons (Fsp3) is 0.786. The van der Waals surface area contributed by atoms with Gasteiger partial charge in [0.05, 0.1) is 6.04 Å². The Morgan fingerprint density at radius 3 is 2.38 bits per heavy atom. The molecule has 0 unspecified atom stereocenters. The molecule has 1 rings (SSSR count). The smallest absolute Gasteiger partial charge is 0.325 e. The van der Waals surface area contributed by atoms with Gasteiger partial charge in [-0.2, -0.15) is 0 Å². The van der Waals surface area contributed by atoms with Crippen LogP contribution in [0.3, 0.4) is 0 Å². The molecule has 1 aliphatic heterocycles. The standard InChI is InChI=1S/C14H25N3O4/c1-8(2)7-11(13(19)16-9(3)14(20)21)17-12(18)10-5-4-6-15-10/h8-11,15H,4-7H2,1-3H3,(H,16,19)(H,17,18)(H,20,21)/t9-,10-,11-/m0/s1. The molecule has 0 aromatic rings. The number of carbonyl (C=O) groups excluding carboxylic acids is 2. The van der Waals surface area contributed by atoms with Gasteiger partial charge in [-0.1, -0.05) is 13.8 Å². The van der Waals surface area contributed by atoms with Crippen LogP contribution in [0.15, 0.2) is 0 Å². The van der Waals surface area contributed by atoms with Crippen molar-refractivity contribution >= 4 is 17.8 Å². The molecule has 4 N–H and O–H groups in total. The Hall–Kier alpha value is -1.63. The van der Waals surface area contributed by atoms with E-state index in [0.29, 0.717) is 6.42 Å². The molecule has 21 heavy (non-hydrogen) atoms. The molecule has 7 nitrogen and oxygen atoms in total. The van der Waals surface area contributed by atoms with Gasteiger partial charge in [0.15, 0.2) is 0 Å². The van der Waals surface area contributed by atoms with E-state index in [1.807, 2.05) is 13.8 Å². The van der Waals surface area contributed by atoms with Crippen LogP contribution in [0.1, 0.15) is 40.0 Å². The first-order chi connectivity index (χ1) is 9.81. The molecule has 1 heterocycles. The van der Waals surface area contributed by atoms with Crippen LogP contribution < -0.4 is 16.0 Å². The zero-order valence-electron chi connectivity index (χ0n) is 12.8. The Morgan fingerprint density at radius 2 is 1.90 bits per heavy atom. The highest BCUT2D eigenvalue weighted by Gasteiger charge is 2.29. The average Bonchev–Trinajstić information content (AvgIpc) is 2.90. The summed E-state index contributed by atoms with van der Waals surface area (Å²) in [5.41, 5.74) is 0. The first-order valence-corrected chi connectivity index (χ1v) is 7.38. The van der Waals surface area contributed by atoms with Crippen molar-refractivity contribution in [2.45, 2.75) is 58.2 Å². The van der Waals surface area contributed by atoms with Crippen LogP contribution in [-0.2, 0) is 14.4 Å². The first kappa shape index (κ1) is 17.4. The Morgan fingerprint density at radius 1 is 1.24 bits per heavy atom. The van der Waals surface area contributed by atoms with E-state index in [1.165, 1.54) is 6.92 Å². The van der Waals surface area contributed by atoms with Gasteiger partial charge in [0.25, 0.3) is 0 Å². The molecular weight excluding hydrogens is 274 g/mol. The van der Waals surface area contributed by atoms with E-state index >= 15 is 0 Å². The fourth-order valence-electron chi connectivity index (χ4n) is 2.26. The minimum Gasteiger partial charge on any atom is -0.480 e. The second kappa shape index (κ2) is 7.97. The molecule has 120 valence electrons. The van der Waals surface area contributed by atoms with Crippen molar-refractivity contribution in [3.8, 4) is 0 Å². The largest absolute Gasteiger partial charge is 0.480 e. The SMILES string of the molecule is CC(C)C[C@H](NC(=O)[C@@H]1CCCN1)C(=O)N[C@@H](C)C(=O)O. The summed E-state index contributed by atoms with van der Waals surface area (Å²) < 4.78 is 0. The summed E-state index contributed by atoms with van der Waals surface area (Å²) in [5, 5.41) is 17.0. The van der Waals surface area contributed by atoms with Gasteiger partial charge in [-0.15, -0.1) is 0 Å². The second-order valence-electron chi connectivity index (χ2n) is 5.91.